The molecular formula is C15H16ClNO. The number of anilines is 1. The Morgan fingerprint density at radius 2 is 1.94 bits per heavy atom. The van der Waals surface area contributed by atoms with E-state index in [9.17, 15) is 0 Å². The molecule has 2 rings (SSSR count). The maximum atomic E-state index is 5.90. The largest absolute Gasteiger partial charge is 0.492 e. The molecule has 0 aliphatic rings. The molecule has 2 aromatic carbocycles. The second kappa shape index (κ2) is 6.31. The molecule has 0 aliphatic heterocycles. The molecule has 0 atom stereocenters. The lowest BCUT2D eigenvalue weighted by atomic mass is 10.2. The molecule has 2 nitrogen and oxygen atoms in total. The average molecular weight is 262 g/mol. The Hall–Kier alpha value is -1.67. The summed E-state index contributed by atoms with van der Waals surface area (Å²) in [6.45, 7) is 3.42. The van der Waals surface area contributed by atoms with Crippen LogP contribution in [0.3, 0.4) is 0 Å². The van der Waals surface area contributed by atoms with Gasteiger partial charge in [-0.15, -0.1) is 0 Å². The van der Waals surface area contributed by atoms with E-state index in [0.717, 1.165) is 23.0 Å². The van der Waals surface area contributed by atoms with Crippen molar-refractivity contribution >= 4 is 17.3 Å². The third-order valence-electron chi connectivity index (χ3n) is 2.51. The second-order valence-corrected chi connectivity index (χ2v) is 4.54. The summed E-state index contributed by atoms with van der Waals surface area (Å²) in [6.07, 6.45) is 0. The van der Waals surface area contributed by atoms with Crippen molar-refractivity contribution in [3.05, 3.63) is 59.1 Å². The maximum absolute atomic E-state index is 5.90. The number of ether oxygens (including phenoxy) is 1. The van der Waals surface area contributed by atoms with Gasteiger partial charge in [0.05, 0.1) is 0 Å². The lowest BCUT2D eigenvalue weighted by Gasteiger charge is -2.09. The molecule has 0 saturated heterocycles. The Balaban J connectivity index is 1.76. The number of benzene rings is 2. The molecule has 0 radical (unpaired) electrons. The summed E-state index contributed by atoms with van der Waals surface area (Å²) >= 11 is 5.90. The first-order valence-electron chi connectivity index (χ1n) is 5.93. The highest BCUT2D eigenvalue weighted by Gasteiger charge is 1.95. The Morgan fingerprint density at radius 3 is 2.72 bits per heavy atom. The summed E-state index contributed by atoms with van der Waals surface area (Å²) in [6, 6.07) is 15.7. The van der Waals surface area contributed by atoms with Gasteiger partial charge in [-0.2, -0.15) is 0 Å². The van der Waals surface area contributed by atoms with Crippen LogP contribution in [0.2, 0.25) is 5.02 Å². The van der Waals surface area contributed by atoms with Crippen molar-refractivity contribution in [2.45, 2.75) is 6.92 Å². The van der Waals surface area contributed by atoms with E-state index in [4.69, 9.17) is 16.3 Å². The molecule has 0 aliphatic carbocycles. The molecule has 0 aromatic heterocycles. The van der Waals surface area contributed by atoms with Crippen molar-refractivity contribution < 1.29 is 4.74 Å². The minimum atomic E-state index is 0.621. The quantitative estimate of drug-likeness (QED) is 0.817. The fourth-order valence-electron chi connectivity index (χ4n) is 1.67. The number of nitrogens with one attached hydrogen (secondary N) is 1. The lowest BCUT2D eigenvalue weighted by Crippen LogP contribution is -2.11. The molecule has 0 saturated carbocycles. The van der Waals surface area contributed by atoms with E-state index in [-0.39, 0.29) is 0 Å². The van der Waals surface area contributed by atoms with E-state index in [0.29, 0.717) is 6.61 Å². The van der Waals surface area contributed by atoms with Gasteiger partial charge in [0.25, 0.3) is 0 Å². The van der Waals surface area contributed by atoms with Crippen LogP contribution in [0.5, 0.6) is 5.75 Å². The van der Waals surface area contributed by atoms with Crippen LogP contribution in [-0.4, -0.2) is 13.2 Å². The summed E-state index contributed by atoms with van der Waals surface area (Å²) in [4.78, 5) is 0. The number of hydrogen-bond acceptors (Lipinski definition) is 2. The molecule has 1 N–H and O–H groups in total. The number of halogens is 1. The van der Waals surface area contributed by atoms with E-state index >= 15 is 0 Å². The smallest absolute Gasteiger partial charge is 0.119 e. The van der Waals surface area contributed by atoms with Crippen LogP contribution < -0.4 is 10.1 Å². The molecule has 3 heteroatoms. The molecule has 18 heavy (non-hydrogen) atoms. The first-order valence-corrected chi connectivity index (χ1v) is 6.31. The summed E-state index contributed by atoms with van der Waals surface area (Å²) in [5.74, 6) is 0.905. The lowest BCUT2D eigenvalue weighted by molar-refractivity contribution is 0.332. The van der Waals surface area contributed by atoms with Crippen LogP contribution in [0.25, 0.3) is 0 Å². The molecule has 0 spiro atoms. The van der Waals surface area contributed by atoms with Crippen LogP contribution in [0.15, 0.2) is 48.5 Å². The number of aryl methyl sites for hydroxylation is 1. The predicted octanol–water partition coefficient (Wildman–Crippen LogP) is 4.14. The van der Waals surface area contributed by atoms with Crippen LogP contribution in [0, 0.1) is 6.92 Å². The zero-order chi connectivity index (χ0) is 12.8. The van der Waals surface area contributed by atoms with Gasteiger partial charge in [-0.05, 0) is 42.8 Å². The molecule has 0 bridgehead atoms. The second-order valence-electron chi connectivity index (χ2n) is 4.10. The number of hydrogen-bond donors (Lipinski definition) is 1. The van der Waals surface area contributed by atoms with Crippen molar-refractivity contribution in [1.29, 1.82) is 0 Å². The van der Waals surface area contributed by atoms with E-state index in [1.54, 1.807) is 0 Å². The van der Waals surface area contributed by atoms with E-state index < -0.39 is 0 Å². The van der Waals surface area contributed by atoms with E-state index in [2.05, 4.69) is 18.3 Å². The Labute approximate surface area is 113 Å². The van der Waals surface area contributed by atoms with Crippen LogP contribution >= 0.6 is 11.6 Å². The Morgan fingerprint density at radius 1 is 1.11 bits per heavy atom. The minimum Gasteiger partial charge on any atom is -0.492 e. The third kappa shape index (κ3) is 3.97. The zero-order valence-corrected chi connectivity index (χ0v) is 11.1. The molecule has 0 heterocycles. The minimum absolute atomic E-state index is 0.621. The molecule has 0 fully saturated rings. The van der Waals surface area contributed by atoms with Gasteiger partial charge in [0.2, 0.25) is 0 Å². The first-order chi connectivity index (χ1) is 8.74. The monoisotopic (exact) mass is 261 g/mol. The molecular weight excluding hydrogens is 246 g/mol. The van der Waals surface area contributed by atoms with Crippen molar-refractivity contribution in [3.8, 4) is 5.75 Å². The van der Waals surface area contributed by atoms with Gasteiger partial charge in [-0.1, -0.05) is 29.8 Å². The van der Waals surface area contributed by atoms with Crippen molar-refractivity contribution in [3.63, 3.8) is 0 Å². The van der Waals surface area contributed by atoms with Crippen molar-refractivity contribution in [2.24, 2.45) is 0 Å². The highest BCUT2D eigenvalue weighted by molar-refractivity contribution is 6.30. The van der Waals surface area contributed by atoms with Gasteiger partial charge in [0, 0.05) is 17.3 Å². The first kappa shape index (κ1) is 12.8. The Bertz CT molecular complexity index is 466. The summed E-state index contributed by atoms with van der Waals surface area (Å²) in [5, 5.41) is 4.00. The summed E-state index contributed by atoms with van der Waals surface area (Å²) < 4.78 is 5.64. The van der Waals surface area contributed by atoms with Gasteiger partial charge in [0.15, 0.2) is 0 Å². The molecule has 0 unspecified atom stereocenters. The summed E-state index contributed by atoms with van der Waals surface area (Å²) in [7, 11) is 0. The van der Waals surface area contributed by atoms with Crippen LogP contribution in [0.4, 0.5) is 5.69 Å². The van der Waals surface area contributed by atoms with Gasteiger partial charge < -0.3 is 10.1 Å². The van der Waals surface area contributed by atoms with E-state index in [1.165, 1.54) is 5.56 Å². The fourth-order valence-corrected chi connectivity index (χ4v) is 1.86. The standard InChI is InChI=1S/C15H16ClNO/c1-12-4-2-7-15(10-12)18-9-8-17-14-6-3-5-13(16)11-14/h2-7,10-11,17H,8-9H2,1H3. The topological polar surface area (TPSA) is 21.3 Å². The molecule has 2 aromatic rings. The van der Waals surface area contributed by atoms with Crippen molar-refractivity contribution in [2.75, 3.05) is 18.5 Å². The molecule has 0 amide bonds. The predicted molar refractivity (Wildman–Crippen MR) is 76.6 cm³/mol. The number of rotatable bonds is 5. The highest BCUT2D eigenvalue weighted by Crippen LogP contribution is 2.15. The van der Waals surface area contributed by atoms with Gasteiger partial charge in [-0.25, -0.2) is 0 Å². The van der Waals surface area contributed by atoms with Crippen LogP contribution in [-0.2, 0) is 0 Å². The average Bonchev–Trinajstić information content (AvgIpc) is 2.35. The van der Waals surface area contributed by atoms with E-state index in [1.807, 2.05) is 42.5 Å². The highest BCUT2D eigenvalue weighted by atomic mass is 35.5. The normalized spacial score (nSPS) is 10.1. The van der Waals surface area contributed by atoms with Gasteiger partial charge >= 0.3 is 0 Å². The molecule has 94 valence electrons. The maximum Gasteiger partial charge on any atom is 0.119 e. The fraction of sp³-hybridized carbons (Fsp3) is 0.200. The summed E-state index contributed by atoms with van der Waals surface area (Å²) in [5.41, 5.74) is 2.21. The third-order valence-corrected chi connectivity index (χ3v) is 2.75. The SMILES string of the molecule is Cc1cccc(OCCNc2cccc(Cl)c2)c1. The van der Waals surface area contributed by atoms with Crippen molar-refractivity contribution in [1.82, 2.24) is 0 Å². The Kier molecular flexibility index (Phi) is 4.48. The van der Waals surface area contributed by atoms with Gasteiger partial charge in [0.1, 0.15) is 12.4 Å². The van der Waals surface area contributed by atoms with Crippen LogP contribution in [0.1, 0.15) is 5.56 Å². The zero-order valence-electron chi connectivity index (χ0n) is 10.3. The van der Waals surface area contributed by atoms with Gasteiger partial charge in [-0.3, -0.25) is 0 Å².